The molecular formula is C34H45N11O3S. The first-order chi connectivity index (χ1) is 23.6. The number of fused-ring (bicyclic) bond motifs is 1. The van der Waals surface area contributed by atoms with Crippen molar-refractivity contribution in [3.8, 4) is 17.6 Å². The van der Waals surface area contributed by atoms with Crippen LogP contribution in [0, 0.1) is 17.2 Å². The lowest BCUT2D eigenvalue weighted by Crippen LogP contribution is -2.40. The molecule has 15 heteroatoms. The molecule has 4 aromatic heterocycles. The number of nitrogens with zero attached hydrogens (tertiary/aromatic N) is 10. The van der Waals surface area contributed by atoms with Crippen LogP contribution in [0.25, 0.3) is 11.5 Å². The molecule has 3 N–H and O–H groups in total. The quantitative estimate of drug-likeness (QED) is 0.192. The Morgan fingerprint density at radius 3 is 2.86 bits per heavy atom. The van der Waals surface area contributed by atoms with Gasteiger partial charge in [0.2, 0.25) is 17.7 Å². The third-order valence-corrected chi connectivity index (χ3v) is 10.9. The van der Waals surface area contributed by atoms with E-state index in [1.54, 1.807) is 18.5 Å². The molecule has 1 fully saturated rings. The molecule has 6 rings (SSSR count). The van der Waals surface area contributed by atoms with Crippen LogP contribution in [0.3, 0.4) is 0 Å². The van der Waals surface area contributed by atoms with Crippen LogP contribution in [-0.2, 0) is 23.1 Å². The van der Waals surface area contributed by atoms with Gasteiger partial charge >= 0.3 is 5.97 Å². The second-order valence-corrected chi connectivity index (χ2v) is 15.0. The number of nitrogen functional groups attached to an aromatic ring is 1. The average Bonchev–Trinajstić information content (AvgIpc) is 3.79. The summed E-state index contributed by atoms with van der Waals surface area (Å²) in [7, 11) is 0. The minimum atomic E-state index is -0.887. The molecule has 0 radical (unpaired) electrons. The summed E-state index contributed by atoms with van der Waals surface area (Å²) in [5.41, 5.74) is 8.50. The average molecular weight is 688 g/mol. The van der Waals surface area contributed by atoms with Crippen molar-refractivity contribution >= 4 is 28.3 Å². The number of anilines is 2. The molecule has 14 nitrogen and oxygen atoms in total. The smallest absolute Gasteiger partial charge is 0.328 e. The number of aromatic nitrogens is 7. The van der Waals surface area contributed by atoms with E-state index in [4.69, 9.17) is 20.2 Å². The van der Waals surface area contributed by atoms with Gasteiger partial charge in [0.25, 0.3) is 0 Å². The molecule has 2 aliphatic rings. The molecule has 1 aliphatic heterocycles. The van der Waals surface area contributed by atoms with E-state index in [9.17, 15) is 15.2 Å². The first-order valence-corrected chi connectivity index (χ1v) is 18.0. The van der Waals surface area contributed by atoms with E-state index in [0.29, 0.717) is 33.9 Å². The SMILES string of the molecule is CC(C)C(C(=O)O)n1cc(CCCCCN2CCCN(c3nccc(-c4noc([C@@]5(C)CCCc6sc(N)c(C#N)c65)n4)n3)[C@@H](C)C2)nn1. The van der Waals surface area contributed by atoms with E-state index in [-0.39, 0.29) is 12.0 Å². The summed E-state index contributed by atoms with van der Waals surface area (Å²) in [6.45, 7) is 11.8. The van der Waals surface area contributed by atoms with Crippen molar-refractivity contribution in [2.45, 2.75) is 96.6 Å². The number of carbonyl (C=O) groups is 1. The van der Waals surface area contributed by atoms with Gasteiger partial charge in [0, 0.05) is 42.0 Å². The molecular weight excluding hydrogens is 643 g/mol. The fraction of sp³-hybridized carbons (Fsp3) is 0.588. The number of nitrogens with two attached hydrogens (primary N) is 1. The molecule has 0 aromatic carbocycles. The predicted octanol–water partition coefficient (Wildman–Crippen LogP) is 4.87. The van der Waals surface area contributed by atoms with Crippen LogP contribution in [0.4, 0.5) is 10.9 Å². The number of hydrogen-bond acceptors (Lipinski definition) is 13. The van der Waals surface area contributed by atoms with Gasteiger partial charge in [-0.3, -0.25) is 0 Å². The van der Waals surface area contributed by atoms with Gasteiger partial charge in [-0.15, -0.1) is 16.4 Å². The normalized spacial score (nSPS) is 20.6. The molecule has 49 heavy (non-hydrogen) atoms. The third-order valence-electron chi connectivity index (χ3n) is 9.84. The van der Waals surface area contributed by atoms with E-state index in [1.165, 1.54) is 16.0 Å². The summed E-state index contributed by atoms with van der Waals surface area (Å²) < 4.78 is 7.34. The molecule has 0 saturated carbocycles. The van der Waals surface area contributed by atoms with Crippen LogP contribution in [0.2, 0.25) is 0 Å². The van der Waals surface area contributed by atoms with Crippen molar-refractivity contribution in [2.75, 3.05) is 36.8 Å². The van der Waals surface area contributed by atoms with Crippen molar-refractivity contribution in [2.24, 2.45) is 5.92 Å². The van der Waals surface area contributed by atoms with Crippen LogP contribution in [0.1, 0.15) is 99.9 Å². The van der Waals surface area contributed by atoms with E-state index in [2.05, 4.69) is 50.2 Å². The zero-order valence-corrected chi connectivity index (χ0v) is 29.5. The maximum Gasteiger partial charge on any atom is 0.328 e. The Balaban J connectivity index is 1.04. The highest BCUT2D eigenvalue weighted by Gasteiger charge is 2.43. The Morgan fingerprint density at radius 2 is 2.08 bits per heavy atom. The Labute approximate surface area is 290 Å². The highest BCUT2D eigenvalue weighted by molar-refractivity contribution is 7.16. The molecule has 3 atom stereocenters. The van der Waals surface area contributed by atoms with Gasteiger partial charge < -0.3 is 25.2 Å². The van der Waals surface area contributed by atoms with Crippen molar-refractivity contribution in [1.82, 2.24) is 40.0 Å². The minimum absolute atomic E-state index is 0.0694. The maximum atomic E-state index is 11.6. The fourth-order valence-corrected chi connectivity index (χ4v) is 8.50. The van der Waals surface area contributed by atoms with Crippen LogP contribution >= 0.6 is 11.3 Å². The molecule has 1 aliphatic carbocycles. The Bertz CT molecular complexity index is 1810. The minimum Gasteiger partial charge on any atom is -0.480 e. The number of nitriles is 1. The molecule has 0 bridgehead atoms. The second kappa shape index (κ2) is 14.6. The van der Waals surface area contributed by atoms with E-state index in [1.807, 2.05) is 13.8 Å². The van der Waals surface area contributed by atoms with Crippen LogP contribution in [0.15, 0.2) is 23.0 Å². The largest absolute Gasteiger partial charge is 0.480 e. The van der Waals surface area contributed by atoms with E-state index < -0.39 is 17.4 Å². The number of thiophene rings is 1. The summed E-state index contributed by atoms with van der Waals surface area (Å²) >= 11 is 1.49. The van der Waals surface area contributed by atoms with Crippen molar-refractivity contribution in [3.05, 3.63) is 46.0 Å². The highest BCUT2D eigenvalue weighted by atomic mass is 32.1. The predicted molar refractivity (Wildman–Crippen MR) is 185 cm³/mol. The van der Waals surface area contributed by atoms with Gasteiger partial charge in [-0.25, -0.2) is 19.4 Å². The van der Waals surface area contributed by atoms with Gasteiger partial charge in [-0.2, -0.15) is 10.2 Å². The number of hydrogen-bond donors (Lipinski definition) is 2. The number of unbranched alkanes of at least 4 members (excludes halogenated alkanes) is 2. The lowest BCUT2D eigenvalue weighted by atomic mass is 9.72. The van der Waals surface area contributed by atoms with Crippen LogP contribution < -0.4 is 10.6 Å². The molecule has 1 unspecified atom stereocenters. The zero-order valence-electron chi connectivity index (χ0n) is 28.7. The molecule has 0 amide bonds. The lowest BCUT2D eigenvalue weighted by Gasteiger charge is -2.30. The van der Waals surface area contributed by atoms with E-state index >= 15 is 0 Å². The molecule has 1 saturated heterocycles. The van der Waals surface area contributed by atoms with Crippen molar-refractivity contribution in [3.63, 3.8) is 0 Å². The van der Waals surface area contributed by atoms with Gasteiger partial charge in [-0.05, 0) is 83.9 Å². The standard InChI is InChI=1S/C34H45N11O3S/c1-21(2)28(31(46)47)45-20-23(40-42-45)10-6-5-7-15-43-16-9-17-44(22(3)19-43)33-37-14-12-25(38-33)30-39-32(48-41-30)34(4)13-8-11-26-27(34)24(18-35)29(36)49-26/h12,14,20-22,28H,5-11,13,15-17,19,36H2,1-4H3,(H,46,47)/t22-,28?,34-/m0/s1. The van der Waals surface area contributed by atoms with Crippen LogP contribution in [0.5, 0.6) is 0 Å². The topological polar surface area (TPSA) is 189 Å². The molecule has 260 valence electrons. The Hall–Kier alpha value is -4.42. The fourth-order valence-electron chi connectivity index (χ4n) is 7.31. The molecule has 4 aromatic rings. The van der Waals surface area contributed by atoms with E-state index in [0.717, 1.165) is 93.7 Å². The monoisotopic (exact) mass is 687 g/mol. The first-order valence-electron chi connectivity index (χ1n) is 17.2. The second-order valence-electron chi connectivity index (χ2n) is 13.8. The first kappa shape index (κ1) is 34.4. The molecule has 5 heterocycles. The summed E-state index contributed by atoms with van der Waals surface area (Å²) in [4.78, 5) is 31.8. The number of carboxylic acid groups (broad SMARTS) is 1. The highest BCUT2D eigenvalue weighted by Crippen LogP contribution is 2.48. The summed E-state index contributed by atoms with van der Waals surface area (Å²) in [5.74, 6) is 0.571. The van der Waals surface area contributed by atoms with Crippen LogP contribution in [-0.4, -0.2) is 83.3 Å². The van der Waals surface area contributed by atoms with Gasteiger partial charge in [0.1, 0.15) is 16.8 Å². The van der Waals surface area contributed by atoms with Gasteiger partial charge in [-0.1, -0.05) is 30.6 Å². The number of carboxylic acids is 1. The maximum absolute atomic E-state index is 11.6. The number of aryl methyl sites for hydroxylation is 2. The summed E-state index contributed by atoms with van der Waals surface area (Å²) in [5, 5.41) is 32.5. The summed E-state index contributed by atoms with van der Waals surface area (Å²) in [6.07, 6.45) is 11.1. The zero-order chi connectivity index (χ0) is 34.7. The Morgan fingerprint density at radius 1 is 1.24 bits per heavy atom. The van der Waals surface area contributed by atoms with Gasteiger partial charge in [0.05, 0.1) is 16.7 Å². The number of aliphatic carboxylic acids is 1. The third kappa shape index (κ3) is 7.16. The summed E-state index contributed by atoms with van der Waals surface area (Å²) in [6, 6.07) is 3.62. The van der Waals surface area contributed by atoms with Crippen molar-refractivity contribution < 1.29 is 14.4 Å². The van der Waals surface area contributed by atoms with Gasteiger partial charge in [0.15, 0.2) is 6.04 Å². The van der Waals surface area contributed by atoms with Crippen molar-refractivity contribution in [1.29, 1.82) is 5.26 Å². The lowest BCUT2D eigenvalue weighted by molar-refractivity contribution is -0.142. The number of rotatable bonds is 12. The Kier molecular flexibility index (Phi) is 10.3. The molecule has 0 spiro atoms.